The van der Waals surface area contributed by atoms with Gasteiger partial charge in [0.2, 0.25) is 10.0 Å². The maximum absolute atomic E-state index is 13.4. The third kappa shape index (κ3) is 3.74. The molecule has 1 atom stereocenters. The van der Waals surface area contributed by atoms with Crippen molar-refractivity contribution in [3.8, 4) is 0 Å². The molecule has 0 amide bonds. The van der Waals surface area contributed by atoms with Gasteiger partial charge in [0, 0.05) is 19.1 Å². The molecule has 7 heteroatoms. The number of sulfonamides is 1. The molecule has 1 unspecified atom stereocenters. The first-order chi connectivity index (χ1) is 9.96. The first kappa shape index (κ1) is 16.7. The molecule has 1 aliphatic heterocycles. The number of benzene rings is 1. The molecule has 1 heterocycles. The second-order valence-corrected chi connectivity index (χ2v) is 7.46. The highest BCUT2D eigenvalue weighted by atomic mass is 35.5. The van der Waals surface area contributed by atoms with Gasteiger partial charge < -0.3 is 5.32 Å². The van der Waals surface area contributed by atoms with Gasteiger partial charge >= 0.3 is 0 Å². The zero-order chi connectivity index (χ0) is 15.5. The van der Waals surface area contributed by atoms with Crippen LogP contribution in [0.2, 0.25) is 5.02 Å². The van der Waals surface area contributed by atoms with Gasteiger partial charge in [0.1, 0.15) is 10.7 Å². The highest BCUT2D eigenvalue weighted by Crippen LogP contribution is 2.28. The van der Waals surface area contributed by atoms with E-state index in [0.717, 1.165) is 31.5 Å². The zero-order valence-corrected chi connectivity index (χ0v) is 13.6. The molecule has 0 spiro atoms. The molecule has 1 N–H and O–H groups in total. The lowest BCUT2D eigenvalue weighted by Gasteiger charge is -2.33. The van der Waals surface area contributed by atoms with Gasteiger partial charge in [-0.3, -0.25) is 0 Å². The second kappa shape index (κ2) is 7.05. The molecule has 0 saturated carbocycles. The Morgan fingerprint density at radius 2 is 2.24 bits per heavy atom. The average Bonchev–Trinajstić information content (AvgIpc) is 2.48. The average molecular weight is 335 g/mol. The number of piperidine rings is 1. The summed E-state index contributed by atoms with van der Waals surface area (Å²) >= 11 is 5.98. The Hall–Kier alpha value is -0.690. The highest BCUT2D eigenvalue weighted by Gasteiger charge is 2.33. The van der Waals surface area contributed by atoms with E-state index in [4.69, 9.17) is 11.6 Å². The molecule has 21 heavy (non-hydrogen) atoms. The summed E-state index contributed by atoms with van der Waals surface area (Å²) < 4.78 is 40.6. The lowest BCUT2D eigenvalue weighted by molar-refractivity contribution is 0.266. The monoisotopic (exact) mass is 334 g/mol. The number of nitrogens with zero attached hydrogens (tertiary/aromatic N) is 1. The van der Waals surface area contributed by atoms with Crippen LogP contribution in [0, 0.1) is 5.82 Å². The van der Waals surface area contributed by atoms with Crippen LogP contribution in [-0.4, -0.2) is 38.4 Å². The minimum Gasteiger partial charge on any atom is -0.315 e. The van der Waals surface area contributed by atoms with E-state index in [2.05, 4.69) is 5.32 Å². The van der Waals surface area contributed by atoms with Crippen LogP contribution in [0.5, 0.6) is 0 Å². The van der Waals surface area contributed by atoms with E-state index in [9.17, 15) is 12.8 Å². The molecule has 0 bridgehead atoms. The van der Waals surface area contributed by atoms with Gasteiger partial charge in [-0.2, -0.15) is 4.31 Å². The van der Waals surface area contributed by atoms with Crippen LogP contribution in [0.3, 0.4) is 0 Å². The lowest BCUT2D eigenvalue weighted by Crippen LogP contribution is -2.48. The Kier molecular flexibility index (Phi) is 5.60. The first-order valence-electron chi connectivity index (χ1n) is 7.14. The molecule has 1 aliphatic rings. The number of nitrogens with one attached hydrogen (secondary N) is 1. The molecule has 2 rings (SSSR count). The van der Waals surface area contributed by atoms with Crippen molar-refractivity contribution < 1.29 is 12.8 Å². The molecular weight excluding hydrogens is 315 g/mol. The third-order valence-corrected chi connectivity index (χ3v) is 6.04. The normalized spacial score (nSPS) is 19.9. The minimum atomic E-state index is -3.79. The van der Waals surface area contributed by atoms with Crippen LogP contribution in [0.4, 0.5) is 4.39 Å². The summed E-state index contributed by atoms with van der Waals surface area (Å²) in [5, 5.41) is 3.27. The highest BCUT2D eigenvalue weighted by molar-refractivity contribution is 7.89. The fourth-order valence-electron chi connectivity index (χ4n) is 2.60. The Morgan fingerprint density at radius 1 is 1.48 bits per heavy atom. The summed E-state index contributed by atoms with van der Waals surface area (Å²) in [5.74, 6) is -0.601. The van der Waals surface area contributed by atoms with Crippen molar-refractivity contribution in [3.63, 3.8) is 0 Å². The first-order valence-corrected chi connectivity index (χ1v) is 8.96. The molecule has 0 aliphatic carbocycles. The van der Waals surface area contributed by atoms with Crippen LogP contribution in [0.15, 0.2) is 23.1 Å². The number of hydrogen-bond donors (Lipinski definition) is 1. The second-order valence-electron chi connectivity index (χ2n) is 5.19. The van der Waals surface area contributed by atoms with E-state index in [1.807, 2.05) is 6.92 Å². The maximum atomic E-state index is 13.4. The quantitative estimate of drug-likeness (QED) is 0.900. The van der Waals surface area contributed by atoms with E-state index in [0.29, 0.717) is 19.5 Å². The van der Waals surface area contributed by atoms with E-state index in [-0.39, 0.29) is 16.0 Å². The summed E-state index contributed by atoms with van der Waals surface area (Å²) in [4.78, 5) is -0.150. The molecule has 1 saturated heterocycles. The number of hydrogen-bond acceptors (Lipinski definition) is 3. The Bertz CT molecular complexity index is 589. The van der Waals surface area contributed by atoms with Crippen LogP contribution < -0.4 is 5.32 Å². The summed E-state index contributed by atoms with van der Waals surface area (Å²) in [6, 6.07) is 3.33. The van der Waals surface area contributed by atoms with Crippen molar-refractivity contribution in [1.82, 2.24) is 9.62 Å². The van der Waals surface area contributed by atoms with Crippen LogP contribution in [0.25, 0.3) is 0 Å². The third-order valence-electron chi connectivity index (χ3n) is 3.60. The fraction of sp³-hybridized carbons (Fsp3) is 0.571. The SMILES string of the molecule is CCCN(C1CCCNC1)S(=O)(=O)c1cc(F)ccc1Cl. The van der Waals surface area contributed by atoms with E-state index < -0.39 is 15.8 Å². The molecule has 1 fully saturated rings. The summed E-state index contributed by atoms with van der Waals surface area (Å²) in [5.41, 5.74) is 0. The van der Waals surface area contributed by atoms with Crippen molar-refractivity contribution in [2.45, 2.75) is 37.1 Å². The standard InChI is InChI=1S/C14H20ClFN2O2S/c1-2-8-18(12-4-3-7-17-10-12)21(19,20)14-9-11(16)5-6-13(14)15/h5-6,9,12,17H,2-4,7-8,10H2,1H3. The Morgan fingerprint density at radius 3 is 2.86 bits per heavy atom. The minimum absolute atomic E-state index is 0.0567. The largest absolute Gasteiger partial charge is 0.315 e. The van der Waals surface area contributed by atoms with Crippen molar-refractivity contribution >= 4 is 21.6 Å². The summed E-state index contributed by atoms with van der Waals surface area (Å²) in [7, 11) is -3.79. The van der Waals surface area contributed by atoms with Gasteiger partial charge in [-0.1, -0.05) is 18.5 Å². The molecule has 1 aromatic rings. The zero-order valence-electron chi connectivity index (χ0n) is 12.0. The van der Waals surface area contributed by atoms with E-state index in [1.165, 1.54) is 10.4 Å². The summed E-state index contributed by atoms with van der Waals surface area (Å²) in [6.07, 6.45) is 2.43. The van der Waals surface area contributed by atoms with Gasteiger partial charge in [-0.15, -0.1) is 0 Å². The molecular formula is C14H20ClFN2O2S. The predicted octanol–water partition coefficient (Wildman–Crippen LogP) is 2.63. The molecule has 0 radical (unpaired) electrons. The van der Waals surface area contributed by atoms with Gasteiger partial charge in [0.15, 0.2) is 0 Å². The van der Waals surface area contributed by atoms with Crippen molar-refractivity contribution in [2.24, 2.45) is 0 Å². The molecule has 4 nitrogen and oxygen atoms in total. The topological polar surface area (TPSA) is 49.4 Å². The predicted molar refractivity (Wildman–Crippen MR) is 81.5 cm³/mol. The van der Waals surface area contributed by atoms with Crippen molar-refractivity contribution in [3.05, 3.63) is 29.0 Å². The van der Waals surface area contributed by atoms with Crippen LogP contribution in [-0.2, 0) is 10.0 Å². The van der Waals surface area contributed by atoms with Crippen LogP contribution >= 0.6 is 11.6 Å². The Labute approximate surface area is 130 Å². The van der Waals surface area contributed by atoms with E-state index in [1.54, 1.807) is 0 Å². The number of rotatable bonds is 5. The Balaban J connectivity index is 2.39. The maximum Gasteiger partial charge on any atom is 0.244 e. The smallest absolute Gasteiger partial charge is 0.244 e. The van der Waals surface area contributed by atoms with E-state index >= 15 is 0 Å². The fourth-order valence-corrected chi connectivity index (χ4v) is 4.83. The number of halogens is 2. The molecule has 118 valence electrons. The summed E-state index contributed by atoms with van der Waals surface area (Å²) in [6.45, 7) is 3.84. The van der Waals surface area contributed by atoms with Crippen LogP contribution in [0.1, 0.15) is 26.2 Å². The lowest BCUT2D eigenvalue weighted by atomic mass is 10.1. The van der Waals surface area contributed by atoms with Gasteiger partial charge in [0.05, 0.1) is 5.02 Å². The van der Waals surface area contributed by atoms with Crippen molar-refractivity contribution in [1.29, 1.82) is 0 Å². The van der Waals surface area contributed by atoms with Crippen molar-refractivity contribution in [2.75, 3.05) is 19.6 Å². The molecule has 1 aromatic carbocycles. The van der Waals surface area contributed by atoms with Gasteiger partial charge in [0.25, 0.3) is 0 Å². The van der Waals surface area contributed by atoms with Gasteiger partial charge in [-0.25, -0.2) is 12.8 Å². The van der Waals surface area contributed by atoms with Gasteiger partial charge in [-0.05, 0) is 44.0 Å². The molecule has 0 aromatic heterocycles.